The van der Waals surface area contributed by atoms with Crippen molar-refractivity contribution in [3.63, 3.8) is 0 Å². The van der Waals surface area contributed by atoms with Gasteiger partial charge >= 0.3 is 0 Å². The maximum absolute atomic E-state index is 4.81. The van der Waals surface area contributed by atoms with Crippen molar-refractivity contribution < 1.29 is 0 Å². The second-order valence-corrected chi connectivity index (χ2v) is 8.14. The summed E-state index contributed by atoms with van der Waals surface area (Å²) in [6.45, 7) is 16.2. The highest BCUT2D eigenvalue weighted by molar-refractivity contribution is 8.00. The highest BCUT2D eigenvalue weighted by Gasteiger charge is 2.28. The predicted molar refractivity (Wildman–Crippen MR) is 91.9 cm³/mol. The van der Waals surface area contributed by atoms with E-state index in [0.29, 0.717) is 10.8 Å². The van der Waals surface area contributed by atoms with E-state index < -0.39 is 0 Å². The monoisotopic (exact) mass is 300 g/mol. The molecule has 0 aromatic heterocycles. The Bertz CT molecular complexity index is 315. The molecule has 1 N–H and O–H groups in total. The quantitative estimate of drug-likeness (QED) is 0.622. The lowest BCUT2D eigenvalue weighted by molar-refractivity contribution is 0.281. The van der Waals surface area contributed by atoms with E-state index in [2.05, 4.69) is 68.5 Å². The van der Waals surface area contributed by atoms with Crippen LogP contribution in [0.25, 0.3) is 0 Å². The molecule has 0 aromatic carbocycles. The van der Waals surface area contributed by atoms with Gasteiger partial charge in [-0.1, -0.05) is 0 Å². The van der Waals surface area contributed by atoms with E-state index in [1.54, 1.807) is 0 Å². The van der Waals surface area contributed by atoms with Crippen LogP contribution in [0.15, 0.2) is 4.99 Å². The molecule has 0 aromatic rings. The van der Waals surface area contributed by atoms with Crippen LogP contribution in [0.2, 0.25) is 0 Å². The van der Waals surface area contributed by atoms with Gasteiger partial charge in [0.1, 0.15) is 0 Å². The molecule has 118 valence electrons. The van der Waals surface area contributed by atoms with Crippen LogP contribution in [0.4, 0.5) is 0 Å². The van der Waals surface area contributed by atoms with Crippen LogP contribution in [0, 0.1) is 0 Å². The zero-order chi connectivity index (χ0) is 15.2. The van der Waals surface area contributed by atoms with Crippen LogP contribution < -0.4 is 5.32 Å². The third kappa shape index (κ3) is 5.92. The van der Waals surface area contributed by atoms with E-state index in [-0.39, 0.29) is 0 Å². The average Bonchev–Trinajstić information content (AvgIpc) is 2.36. The van der Waals surface area contributed by atoms with Gasteiger partial charge in [-0.2, -0.15) is 11.8 Å². The minimum absolute atomic E-state index is 0.323. The molecule has 4 nitrogen and oxygen atoms in total. The third-order valence-corrected chi connectivity index (χ3v) is 4.95. The number of likely N-dealkylation sites (N-methyl/N-ethyl adjacent to an activating group) is 1. The van der Waals surface area contributed by atoms with Crippen molar-refractivity contribution in [3.05, 3.63) is 0 Å². The van der Waals surface area contributed by atoms with E-state index >= 15 is 0 Å². The number of hydrogen-bond acceptors (Lipinski definition) is 3. The van der Waals surface area contributed by atoms with Crippen LogP contribution >= 0.6 is 11.8 Å². The van der Waals surface area contributed by atoms with Gasteiger partial charge in [0.25, 0.3) is 0 Å². The lowest BCUT2D eigenvalue weighted by Crippen LogP contribution is -2.51. The van der Waals surface area contributed by atoms with E-state index in [1.807, 2.05) is 0 Å². The largest absolute Gasteiger partial charge is 0.357 e. The molecule has 1 heterocycles. The van der Waals surface area contributed by atoms with Crippen LogP contribution in [-0.4, -0.2) is 72.1 Å². The molecule has 1 rings (SSSR count). The summed E-state index contributed by atoms with van der Waals surface area (Å²) in [5.41, 5.74) is 0. The third-order valence-electron chi connectivity index (χ3n) is 3.66. The molecule has 1 aliphatic rings. The van der Waals surface area contributed by atoms with Gasteiger partial charge in [-0.05, 0) is 41.7 Å². The van der Waals surface area contributed by atoms with Gasteiger partial charge < -0.3 is 15.1 Å². The molecule has 0 saturated carbocycles. The molecular formula is C15H32N4S. The molecule has 1 aliphatic heterocycles. The zero-order valence-corrected chi connectivity index (χ0v) is 14.9. The van der Waals surface area contributed by atoms with Gasteiger partial charge in [-0.3, -0.25) is 4.99 Å². The summed E-state index contributed by atoms with van der Waals surface area (Å²) in [6.07, 6.45) is 0. The first-order valence-corrected chi connectivity index (χ1v) is 8.71. The minimum atomic E-state index is 0.323. The van der Waals surface area contributed by atoms with E-state index in [9.17, 15) is 0 Å². The Morgan fingerprint density at radius 1 is 1.45 bits per heavy atom. The normalized spacial score (nSPS) is 19.8. The fourth-order valence-corrected chi connectivity index (χ4v) is 3.31. The maximum Gasteiger partial charge on any atom is 0.194 e. The molecule has 0 atom stereocenters. The number of nitrogens with zero attached hydrogens (tertiary/aromatic N) is 3. The van der Waals surface area contributed by atoms with E-state index in [0.717, 1.165) is 38.7 Å². The predicted octanol–water partition coefficient (Wildman–Crippen LogP) is 2.12. The van der Waals surface area contributed by atoms with Crippen LogP contribution in [0.3, 0.4) is 0 Å². The highest BCUT2D eigenvalue weighted by atomic mass is 32.2. The second kappa shape index (κ2) is 8.13. The van der Waals surface area contributed by atoms with Crippen molar-refractivity contribution in [1.82, 2.24) is 15.1 Å². The van der Waals surface area contributed by atoms with Crippen molar-refractivity contribution in [2.75, 3.05) is 45.5 Å². The summed E-state index contributed by atoms with van der Waals surface area (Å²) in [4.78, 5) is 9.55. The fraction of sp³-hybridized carbons (Fsp3) is 0.933. The molecule has 0 radical (unpaired) electrons. The van der Waals surface area contributed by atoms with Gasteiger partial charge in [0, 0.05) is 42.7 Å². The second-order valence-electron chi connectivity index (χ2n) is 6.34. The number of rotatable bonds is 5. The summed E-state index contributed by atoms with van der Waals surface area (Å²) < 4.78 is 0.323. The SMILES string of the molecule is CCNC(=NCCN(C)C(C)C)N1CCSC(C)(C)C1. The lowest BCUT2D eigenvalue weighted by atomic mass is 10.2. The highest BCUT2D eigenvalue weighted by Crippen LogP contribution is 2.29. The van der Waals surface area contributed by atoms with Crippen molar-refractivity contribution in [1.29, 1.82) is 0 Å². The van der Waals surface area contributed by atoms with Gasteiger partial charge in [0.2, 0.25) is 0 Å². The molecule has 0 unspecified atom stereocenters. The van der Waals surface area contributed by atoms with E-state index in [1.165, 1.54) is 5.75 Å². The molecule has 0 spiro atoms. The van der Waals surface area contributed by atoms with Gasteiger partial charge in [-0.25, -0.2) is 0 Å². The van der Waals surface area contributed by atoms with Crippen LogP contribution in [0.5, 0.6) is 0 Å². The van der Waals surface area contributed by atoms with Crippen molar-refractivity contribution in [2.24, 2.45) is 4.99 Å². The van der Waals surface area contributed by atoms with Crippen LogP contribution in [0.1, 0.15) is 34.6 Å². The zero-order valence-electron chi connectivity index (χ0n) is 14.1. The Hall–Kier alpha value is -0.420. The van der Waals surface area contributed by atoms with E-state index in [4.69, 9.17) is 4.99 Å². The fourth-order valence-electron chi connectivity index (χ4n) is 2.19. The minimum Gasteiger partial charge on any atom is -0.357 e. The molecule has 0 amide bonds. The molecule has 20 heavy (non-hydrogen) atoms. The van der Waals surface area contributed by atoms with Gasteiger partial charge in [-0.15, -0.1) is 0 Å². The van der Waals surface area contributed by atoms with Crippen molar-refractivity contribution >= 4 is 17.7 Å². The smallest absolute Gasteiger partial charge is 0.194 e. The first-order valence-electron chi connectivity index (χ1n) is 7.73. The van der Waals surface area contributed by atoms with Crippen LogP contribution in [-0.2, 0) is 0 Å². The summed E-state index contributed by atoms with van der Waals surface area (Å²) in [7, 11) is 2.16. The number of guanidine groups is 1. The summed E-state index contributed by atoms with van der Waals surface area (Å²) in [5.74, 6) is 2.27. The van der Waals surface area contributed by atoms with Crippen molar-refractivity contribution in [2.45, 2.75) is 45.4 Å². The maximum atomic E-state index is 4.81. The Morgan fingerprint density at radius 3 is 2.70 bits per heavy atom. The molecule has 1 saturated heterocycles. The topological polar surface area (TPSA) is 30.9 Å². The Kier molecular flexibility index (Phi) is 7.17. The number of aliphatic imine (C=N–C) groups is 1. The average molecular weight is 301 g/mol. The summed E-state index contributed by atoms with van der Waals surface area (Å²) >= 11 is 2.06. The van der Waals surface area contributed by atoms with Gasteiger partial charge in [0.15, 0.2) is 5.96 Å². The van der Waals surface area contributed by atoms with Gasteiger partial charge in [0.05, 0.1) is 6.54 Å². The number of nitrogens with one attached hydrogen (secondary N) is 1. The first-order chi connectivity index (χ1) is 9.35. The lowest BCUT2D eigenvalue weighted by Gasteiger charge is -2.39. The number of hydrogen-bond donors (Lipinski definition) is 1. The standard InChI is InChI=1S/C15H32N4S/c1-7-16-14(17-8-9-18(6)13(2)3)19-10-11-20-15(4,5)12-19/h13H,7-12H2,1-6H3,(H,16,17). The van der Waals surface area contributed by atoms with Crippen molar-refractivity contribution in [3.8, 4) is 0 Å². The molecular weight excluding hydrogens is 268 g/mol. The Morgan fingerprint density at radius 2 is 2.15 bits per heavy atom. The Labute approximate surface area is 129 Å². The molecule has 5 heteroatoms. The summed E-state index contributed by atoms with van der Waals surface area (Å²) in [6, 6.07) is 0.582. The Balaban J connectivity index is 2.58. The molecule has 0 bridgehead atoms. The molecule has 1 fully saturated rings. The summed E-state index contributed by atoms with van der Waals surface area (Å²) in [5, 5.41) is 3.44. The molecule has 0 aliphatic carbocycles. The first kappa shape index (κ1) is 17.6. The number of thioether (sulfide) groups is 1.